The van der Waals surface area contributed by atoms with E-state index in [9.17, 15) is 4.79 Å². The Kier molecular flexibility index (Phi) is 3.71. The third-order valence-corrected chi connectivity index (χ3v) is 4.16. The summed E-state index contributed by atoms with van der Waals surface area (Å²) in [4.78, 5) is 14.4. The van der Waals surface area contributed by atoms with Crippen molar-refractivity contribution in [3.8, 4) is 0 Å². The zero-order chi connectivity index (χ0) is 14.2. The fourth-order valence-corrected chi connectivity index (χ4v) is 2.99. The second-order valence-electron chi connectivity index (χ2n) is 6.65. The molecular weight excluding hydrogens is 234 g/mol. The summed E-state index contributed by atoms with van der Waals surface area (Å²) in [6.45, 7) is 12.5. The number of hydrogen-bond acceptors (Lipinski definition) is 2. The van der Waals surface area contributed by atoms with Gasteiger partial charge in [-0.3, -0.25) is 4.79 Å². The summed E-state index contributed by atoms with van der Waals surface area (Å²) in [6, 6.07) is 6.52. The molecule has 19 heavy (non-hydrogen) atoms. The Morgan fingerprint density at radius 1 is 1.26 bits per heavy atom. The van der Waals surface area contributed by atoms with Crippen LogP contribution in [0.5, 0.6) is 0 Å². The third-order valence-electron chi connectivity index (χ3n) is 4.16. The molecular formula is C17H25NO. The smallest absolute Gasteiger partial charge is 0.142 e. The van der Waals surface area contributed by atoms with E-state index in [4.69, 9.17) is 0 Å². The Balaban J connectivity index is 2.40. The van der Waals surface area contributed by atoms with E-state index in [1.165, 1.54) is 16.8 Å². The topological polar surface area (TPSA) is 20.3 Å². The highest BCUT2D eigenvalue weighted by Crippen LogP contribution is 2.35. The first-order chi connectivity index (χ1) is 8.83. The molecule has 104 valence electrons. The highest BCUT2D eigenvalue weighted by molar-refractivity contribution is 5.87. The molecule has 0 N–H and O–H groups in total. The summed E-state index contributed by atoms with van der Waals surface area (Å²) in [5.41, 5.74) is 3.83. The van der Waals surface area contributed by atoms with Gasteiger partial charge >= 0.3 is 0 Å². The second-order valence-corrected chi connectivity index (χ2v) is 6.65. The van der Waals surface area contributed by atoms with Crippen molar-refractivity contribution in [2.75, 3.05) is 18.0 Å². The summed E-state index contributed by atoms with van der Waals surface area (Å²) in [5, 5.41) is 0. The van der Waals surface area contributed by atoms with Crippen LogP contribution in [-0.4, -0.2) is 18.9 Å². The number of carbonyl (C=O) groups excluding carboxylic acids is 1. The predicted octanol–water partition coefficient (Wildman–Crippen LogP) is 3.92. The van der Waals surface area contributed by atoms with Crippen LogP contribution in [0.4, 0.5) is 5.69 Å². The number of aryl methyl sites for hydroxylation is 1. The predicted molar refractivity (Wildman–Crippen MR) is 80.9 cm³/mol. The first-order valence-electron chi connectivity index (χ1n) is 7.20. The van der Waals surface area contributed by atoms with E-state index in [0.717, 1.165) is 13.1 Å². The van der Waals surface area contributed by atoms with Gasteiger partial charge in [-0.05, 0) is 24.0 Å². The summed E-state index contributed by atoms with van der Waals surface area (Å²) in [6.07, 6.45) is 0.666. The van der Waals surface area contributed by atoms with Crippen molar-refractivity contribution < 1.29 is 4.79 Å². The monoisotopic (exact) mass is 259 g/mol. The van der Waals surface area contributed by atoms with E-state index < -0.39 is 0 Å². The van der Waals surface area contributed by atoms with Crippen LogP contribution >= 0.6 is 0 Å². The number of nitrogens with zero attached hydrogens (tertiary/aromatic N) is 1. The number of piperidine rings is 1. The van der Waals surface area contributed by atoms with Crippen molar-refractivity contribution in [1.29, 1.82) is 0 Å². The number of benzene rings is 1. The van der Waals surface area contributed by atoms with Gasteiger partial charge in [0.05, 0.1) is 0 Å². The van der Waals surface area contributed by atoms with Gasteiger partial charge in [-0.2, -0.15) is 0 Å². The summed E-state index contributed by atoms with van der Waals surface area (Å²) in [5.74, 6) is 0.902. The molecule has 0 radical (unpaired) electrons. The van der Waals surface area contributed by atoms with Crippen LogP contribution in [0.2, 0.25) is 0 Å². The average molecular weight is 259 g/mol. The van der Waals surface area contributed by atoms with Gasteiger partial charge in [0.25, 0.3) is 0 Å². The van der Waals surface area contributed by atoms with E-state index in [0.29, 0.717) is 18.1 Å². The number of Topliss-reactive ketones (excluding diaryl/α,β-unsaturated/α-hetero) is 1. The number of anilines is 1. The SMILES string of the molecule is Cc1cccc(C(C)C)c1N1CCC(=O)C(C)(C)C1. The van der Waals surface area contributed by atoms with Gasteiger partial charge in [0.1, 0.15) is 5.78 Å². The largest absolute Gasteiger partial charge is 0.370 e. The molecule has 1 saturated heterocycles. The highest BCUT2D eigenvalue weighted by atomic mass is 16.1. The molecule has 1 aromatic carbocycles. The molecule has 0 amide bonds. The zero-order valence-electron chi connectivity index (χ0n) is 12.8. The van der Waals surface area contributed by atoms with Crippen LogP contribution in [0.15, 0.2) is 18.2 Å². The van der Waals surface area contributed by atoms with Crippen LogP contribution in [-0.2, 0) is 4.79 Å². The van der Waals surface area contributed by atoms with Crippen molar-refractivity contribution in [3.05, 3.63) is 29.3 Å². The second kappa shape index (κ2) is 4.99. The molecule has 0 bridgehead atoms. The molecule has 2 nitrogen and oxygen atoms in total. The van der Waals surface area contributed by atoms with Gasteiger partial charge in [0, 0.05) is 30.6 Å². The fraction of sp³-hybridized carbons (Fsp3) is 0.588. The van der Waals surface area contributed by atoms with Gasteiger partial charge in [-0.15, -0.1) is 0 Å². The minimum absolute atomic E-state index is 0.227. The molecule has 2 heteroatoms. The molecule has 0 aliphatic carbocycles. The van der Waals surface area contributed by atoms with Crippen molar-refractivity contribution in [2.45, 2.75) is 47.0 Å². The third kappa shape index (κ3) is 2.68. The molecule has 1 aromatic rings. The van der Waals surface area contributed by atoms with Crippen molar-refractivity contribution in [1.82, 2.24) is 0 Å². The van der Waals surface area contributed by atoms with Crippen LogP contribution in [0.1, 0.15) is 51.2 Å². The summed E-state index contributed by atoms with van der Waals surface area (Å²) < 4.78 is 0. The standard InChI is InChI=1S/C17H25NO/c1-12(2)14-8-6-7-13(3)16(14)18-10-9-15(19)17(4,5)11-18/h6-8,12H,9-11H2,1-5H3. The quantitative estimate of drug-likeness (QED) is 0.802. The molecule has 0 unspecified atom stereocenters. The van der Waals surface area contributed by atoms with Crippen molar-refractivity contribution in [3.63, 3.8) is 0 Å². The van der Waals surface area contributed by atoms with E-state index in [1.807, 2.05) is 0 Å². The summed E-state index contributed by atoms with van der Waals surface area (Å²) in [7, 11) is 0. The van der Waals surface area contributed by atoms with Crippen LogP contribution in [0.3, 0.4) is 0 Å². The lowest BCUT2D eigenvalue weighted by atomic mass is 9.82. The number of carbonyl (C=O) groups is 1. The van der Waals surface area contributed by atoms with Crippen LogP contribution in [0.25, 0.3) is 0 Å². The minimum atomic E-state index is -0.227. The zero-order valence-corrected chi connectivity index (χ0v) is 12.8. The number of hydrogen-bond donors (Lipinski definition) is 0. The molecule has 1 fully saturated rings. The maximum Gasteiger partial charge on any atom is 0.142 e. The van der Waals surface area contributed by atoms with E-state index in [1.54, 1.807) is 0 Å². The number of ketones is 1. The van der Waals surface area contributed by atoms with Crippen LogP contribution in [0, 0.1) is 12.3 Å². The first kappa shape index (κ1) is 14.1. The van der Waals surface area contributed by atoms with Crippen LogP contribution < -0.4 is 4.90 Å². The van der Waals surface area contributed by atoms with Gasteiger partial charge in [0.15, 0.2) is 0 Å². The maximum atomic E-state index is 12.0. The molecule has 0 aromatic heterocycles. The Labute approximate surface area is 116 Å². The fourth-order valence-electron chi connectivity index (χ4n) is 2.99. The van der Waals surface area contributed by atoms with Crippen molar-refractivity contribution in [2.24, 2.45) is 5.41 Å². The Hall–Kier alpha value is -1.31. The lowest BCUT2D eigenvalue weighted by molar-refractivity contribution is -0.127. The molecule has 1 aliphatic heterocycles. The molecule has 2 rings (SSSR count). The van der Waals surface area contributed by atoms with E-state index >= 15 is 0 Å². The maximum absolute atomic E-state index is 12.0. The number of rotatable bonds is 2. The Bertz CT molecular complexity index is 488. The normalized spacial score (nSPS) is 19.1. The van der Waals surface area contributed by atoms with Crippen molar-refractivity contribution >= 4 is 11.5 Å². The average Bonchev–Trinajstić information content (AvgIpc) is 2.32. The molecule has 0 saturated carbocycles. The highest BCUT2D eigenvalue weighted by Gasteiger charge is 2.35. The van der Waals surface area contributed by atoms with E-state index in [2.05, 4.69) is 57.7 Å². The summed E-state index contributed by atoms with van der Waals surface area (Å²) >= 11 is 0. The molecule has 1 heterocycles. The first-order valence-corrected chi connectivity index (χ1v) is 7.20. The molecule has 0 spiro atoms. The Morgan fingerprint density at radius 3 is 2.53 bits per heavy atom. The van der Waals surface area contributed by atoms with Gasteiger partial charge < -0.3 is 4.90 Å². The van der Waals surface area contributed by atoms with Gasteiger partial charge in [-0.25, -0.2) is 0 Å². The molecule has 1 aliphatic rings. The minimum Gasteiger partial charge on any atom is -0.370 e. The lowest BCUT2D eigenvalue weighted by Crippen LogP contribution is -2.46. The van der Waals surface area contributed by atoms with Gasteiger partial charge in [0.2, 0.25) is 0 Å². The van der Waals surface area contributed by atoms with Gasteiger partial charge in [-0.1, -0.05) is 45.9 Å². The molecule has 0 atom stereocenters. The van der Waals surface area contributed by atoms with E-state index in [-0.39, 0.29) is 5.41 Å². The Morgan fingerprint density at radius 2 is 1.95 bits per heavy atom. The lowest BCUT2D eigenvalue weighted by Gasteiger charge is -2.40. The number of para-hydroxylation sites is 1.